The van der Waals surface area contributed by atoms with Gasteiger partial charge in [0.1, 0.15) is 12.4 Å². The molecule has 1 atom stereocenters. The minimum absolute atomic E-state index is 0.000139. The first-order valence-corrected chi connectivity index (χ1v) is 3.78. The summed E-state index contributed by atoms with van der Waals surface area (Å²) in [7, 11) is 0. The van der Waals surface area contributed by atoms with Crippen LogP contribution in [0, 0.1) is 0 Å². The highest BCUT2D eigenvalue weighted by atomic mass is 19.4. The lowest BCUT2D eigenvalue weighted by atomic mass is 10.2. The Morgan fingerprint density at radius 2 is 2.31 bits per heavy atom. The standard InChI is InChI=1S/C6H7F3N4/c7-6(8,9)4-1-2-13-5(12-4)10-3-11-13/h3-4H,1-2H2,(H,10,11,12). The number of fused-ring (bicyclic) bond motifs is 1. The van der Waals surface area contributed by atoms with Gasteiger partial charge in [-0.25, -0.2) is 4.68 Å². The minimum Gasteiger partial charge on any atom is -0.343 e. The van der Waals surface area contributed by atoms with Gasteiger partial charge in [-0.2, -0.15) is 23.3 Å². The van der Waals surface area contributed by atoms with Gasteiger partial charge in [-0.1, -0.05) is 0 Å². The minimum atomic E-state index is -4.21. The third kappa shape index (κ3) is 1.45. The first-order valence-electron chi connectivity index (χ1n) is 3.78. The van der Waals surface area contributed by atoms with Gasteiger partial charge in [0.15, 0.2) is 0 Å². The average molecular weight is 192 g/mol. The van der Waals surface area contributed by atoms with Gasteiger partial charge in [0.05, 0.1) is 0 Å². The highest BCUT2D eigenvalue weighted by Crippen LogP contribution is 2.28. The topological polar surface area (TPSA) is 42.7 Å². The van der Waals surface area contributed by atoms with Crippen molar-refractivity contribution in [3.8, 4) is 0 Å². The van der Waals surface area contributed by atoms with Gasteiger partial charge in [-0.05, 0) is 6.42 Å². The number of hydrogen-bond acceptors (Lipinski definition) is 3. The number of nitrogens with one attached hydrogen (secondary N) is 1. The normalized spacial score (nSPS) is 22.2. The van der Waals surface area contributed by atoms with Gasteiger partial charge in [-0.3, -0.25) is 0 Å². The molecule has 0 saturated heterocycles. The van der Waals surface area contributed by atoms with Crippen molar-refractivity contribution in [3.05, 3.63) is 6.33 Å². The lowest BCUT2D eigenvalue weighted by Gasteiger charge is -2.26. The predicted molar refractivity (Wildman–Crippen MR) is 38.1 cm³/mol. The van der Waals surface area contributed by atoms with Crippen LogP contribution in [0.4, 0.5) is 19.1 Å². The van der Waals surface area contributed by atoms with E-state index in [4.69, 9.17) is 0 Å². The Labute approximate surface area is 71.8 Å². The molecule has 1 aromatic heterocycles. The fourth-order valence-electron chi connectivity index (χ4n) is 1.26. The Morgan fingerprint density at radius 1 is 1.54 bits per heavy atom. The van der Waals surface area contributed by atoms with E-state index in [1.54, 1.807) is 0 Å². The maximum atomic E-state index is 12.2. The Balaban J connectivity index is 2.18. The molecule has 2 rings (SSSR count). The van der Waals surface area contributed by atoms with Gasteiger partial charge < -0.3 is 5.32 Å². The van der Waals surface area contributed by atoms with Crippen molar-refractivity contribution >= 4 is 5.95 Å². The maximum absolute atomic E-state index is 12.2. The van der Waals surface area contributed by atoms with Crippen molar-refractivity contribution in [1.82, 2.24) is 14.8 Å². The second kappa shape index (κ2) is 2.61. The van der Waals surface area contributed by atoms with E-state index in [2.05, 4.69) is 15.4 Å². The Hall–Kier alpha value is -1.27. The van der Waals surface area contributed by atoms with Gasteiger partial charge in [0.2, 0.25) is 5.95 Å². The summed E-state index contributed by atoms with van der Waals surface area (Å²) in [5.41, 5.74) is 0. The molecular weight excluding hydrogens is 185 g/mol. The number of aryl methyl sites for hydroxylation is 1. The number of rotatable bonds is 0. The molecule has 0 fully saturated rings. The van der Waals surface area contributed by atoms with E-state index in [9.17, 15) is 13.2 Å². The molecule has 0 aliphatic carbocycles. The Bertz CT molecular complexity index is 305. The van der Waals surface area contributed by atoms with Crippen LogP contribution < -0.4 is 5.32 Å². The smallest absolute Gasteiger partial charge is 0.343 e. The zero-order chi connectivity index (χ0) is 9.47. The molecule has 1 aliphatic heterocycles. The van der Waals surface area contributed by atoms with E-state index in [1.165, 1.54) is 11.0 Å². The zero-order valence-corrected chi connectivity index (χ0v) is 6.54. The Morgan fingerprint density at radius 3 is 3.00 bits per heavy atom. The molecule has 13 heavy (non-hydrogen) atoms. The molecule has 0 amide bonds. The van der Waals surface area contributed by atoms with E-state index in [0.29, 0.717) is 0 Å². The van der Waals surface area contributed by atoms with Crippen LogP contribution in [0.15, 0.2) is 6.33 Å². The quantitative estimate of drug-likeness (QED) is 0.667. The highest BCUT2D eigenvalue weighted by Gasteiger charge is 2.41. The van der Waals surface area contributed by atoms with Gasteiger partial charge in [0, 0.05) is 6.54 Å². The molecule has 7 heteroatoms. The lowest BCUT2D eigenvalue weighted by molar-refractivity contribution is -0.145. The molecule has 0 aromatic carbocycles. The van der Waals surface area contributed by atoms with Gasteiger partial charge >= 0.3 is 6.18 Å². The van der Waals surface area contributed by atoms with E-state index < -0.39 is 12.2 Å². The number of halogens is 3. The third-order valence-electron chi connectivity index (χ3n) is 1.94. The van der Waals surface area contributed by atoms with E-state index >= 15 is 0 Å². The van der Waals surface area contributed by atoms with E-state index in [-0.39, 0.29) is 18.9 Å². The SMILES string of the molecule is FC(F)(F)C1CCn2ncnc2N1. The van der Waals surface area contributed by atoms with Crippen LogP contribution in [0.25, 0.3) is 0 Å². The summed E-state index contributed by atoms with van der Waals surface area (Å²) in [6.07, 6.45) is -2.97. The van der Waals surface area contributed by atoms with Crippen molar-refractivity contribution in [2.75, 3.05) is 5.32 Å². The second-order valence-electron chi connectivity index (χ2n) is 2.83. The molecule has 1 aromatic rings. The molecule has 0 spiro atoms. The average Bonchev–Trinajstić information content (AvgIpc) is 2.47. The maximum Gasteiger partial charge on any atom is 0.408 e. The van der Waals surface area contributed by atoms with Crippen LogP contribution in [0.3, 0.4) is 0 Å². The lowest BCUT2D eigenvalue weighted by Crippen LogP contribution is -2.41. The Kier molecular flexibility index (Phi) is 1.67. The number of aromatic nitrogens is 3. The van der Waals surface area contributed by atoms with E-state index in [1.807, 2.05) is 0 Å². The summed E-state index contributed by atoms with van der Waals surface area (Å²) in [6, 6.07) is -1.50. The number of nitrogens with zero attached hydrogens (tertiary/aromatic N) is 3. The summed E-state index contributed by atoms with van der Waals surface area (Å²) in [4.78, 5) is 3.66. The van der Waals surface area contributed by atoms with Crippen molar-refractivity contribution in [2.24, 2.45) is 0 Å². The van der Waals surface area contributed by atoms with Gasteiger partial charge in [0.25, 0.3) is 0 Å². The molecule has 0 bridgehead atoms. The molecule has 1 N–H and O–H groups in total. The summed E-state index contributed by atoms with van der Waals surface area (Å²) in [5.74, 6) is 0.188. The van der Waals surface area contributed by atoms with Crippen LogP contribution in [0.2, 0.25) is 0 Å². The van der Waals surface area contributed by atoms with Gasteiger partial charge in [-0.15, -0.1) is 0 Å². The predicted octanol–water partition coefficient (Wildman–Crippen LogP) is 1.02. The highest BCUT2D eigenvalue weighted by molar-refractivity contribution is 5.28. The molecule has 72 valence electrons. The number of alkyl halides is 3. The second-order valence-corrected chi connectivity index (χ2v) is 2.83. The third-order valence-corrected chi connectivity index (χ3v) is 1.94. The van der Waals surface area contributed by atoms with Crippen LogP contribution in [0.1, 0.15) is 6.42 Å². The molecule has 2 heterocycles. The summed E-state index contributed by atoms with van der Waals surface area (Å²) in [6.45, 7) is 0.256. The van der Waals surface area contributed by atoms with Crippen molar-refractivity contribution in [2.45, 2.75) is 25.2 Å². The summed E-state index contributed by atoms with van der Waals surface area (Å²) >= 11 is 0. The molecular formula is C6H7F3N4. The van der Waals surface area contributed by atoms with Crippen molar-refractivity contribution in [3.63, 3.8) is 0 Å². The largest absolute Gasteiger partial charge is 0.408 e. The molecule has 1 unspecified atom stereocenters. The fraction of sp³-hybridized carbons (Fsp3) is 0.667. The first-order chi connectivity index (χ1) is 6.07. The van der Waals surface area contributed by atoms with Crippen LogP contribution in [-0.2, 0) is 6.54 Å². The summed E-state index contributed by atoms with van der Waals surface area (Å²) in [5, 5.41) is 6.03. The monoisotopic (exact) mass is 192 g/mol. The molecule has 0 radical (unpaired) electrons. The van der Waals surface area contributed by atoms with Crippen LogP contribution in [-0.4, -0.2) is 27.0 Å². The molecule has 0 saturated carbocycles. The fourth-order valence-corrected chi connectivity index (χ4v) is 1.26. The number of hydrogen-bond donors (Lipinski definition) is 1. The summed E-state index contributed by atoms with van der Waals surface area (Å²) < 4.78 is 38.1. The zero-order valence-electron chi connectivity index (χ0n) is 6.54. The van der Waals surface area contributed by atoms with E-state index in [0.717, 1.165) is 0 Å². The number of anilines is 1. The molecule has 1 aliphatic rings. The van der Waals surface area contributed by atoms with Crippen LogP contribution in [0.5, 0.6) is 0 Å². The van der Waals surface area contributed by atoms with Crippen LogP contribution >= 0.6 is 0 Å². The molecule has 4 nitrogen and oxygen atoms in total. The first kappa shape index (κ1) is 8.33. The van der Waals surface area contributed by atoms with Crippen molar-refractivity contribution < 1.29 is 13.2 Å². The van der Waals surface area contributed by atoms with Crippen molar-refractivity contribution in [1.29, 1.82) is 0 Å².